The molecule has 0 saturated heterocycles. The van der Waals surface area contributed by atoms with E-state index in [0.717, 1.165) is 5.56 Å². The van der Waals surface area contributed by atoms with Crippen LogP contribution in [0.1, 0.15) is 30.7 Å². The number of rotatable bonds is 14. The average Bonchev–Trinajstić information content (AvgIpc) is 3.45. The monoisotopic (exact) mass is 564 g/mol. The second kappa shape index (κ2) is 14.6. The molecule has 1 heterocycles. The van der Waals surface area contributed by atoms with Gasteiger partial charge in [0.15, 0.2) is 0 Å². The van der Waals surface area contributed by atoms with Crippen molar-refractivity contribution in [3.8, 4) is 5.75 Å². The van der Waals surface area contributed by atoms with E-state index in [1.54, 1.807) is 56.4 Å². The van der Waals surface area contributed by atoms with E-state index in [0.29, 0.717) is 11.3 Å². The summed E-state index contributed by atoms with van der Waals surface area (Å²) in [5, 5.41) is 27.1. The largest absolute Gasteiger partial charge is 0.508 e. The van der Waals surface area contributed by atoms with E-state index in [2.05, 4.69) is 25.9 Å². The quantitative estimate of drug-likeness (QED) is 0.148. The number of nitrogens with two attached hydrogens (primary N) is 1. The lowest BCUT2D eigenvalue weighted by Gasteiger charge is -2.26. The first kappa shape index (κ1) is 30.8. The van der Waals surface area contributed by atoms with E-state index in [-0.39, 0.29) is 25.0 Å². The van der Waals surface area contributed by atoms with Gasteiger partial charge in [-0.1, -0.05) is 56.3 Å². The van der Waals surface area contributed by atoms with Crippen molar-refractivity contribution in [2.75, 3.05) is 0 Å². The number of hydrogen-bond acceptors (Lipinski definition) is 7. The fraction of sp³-hybridized carbons (Fsp3) is 0.345. The summed E-state index contributed by atoms with van der Waals surface area (Å²) in [5.74, 6) is -3.47. The average molecular weight is 565 g/mol. The fourth-order valence-electron chi connectivity index (χ4n) is 4.18. The zero-order valence-electron chi connectivity index (χ0n) is 22.9. The van der Waals surface area contributed by atoms with Crippen molar-refractivity contribution in [1.29, 1.82) is 0 Å². The smallest absolute Gasteiger partial charge is 0.326 e. The number of phenolic OH excluding ortho intramolecular Hbond substituents is 1. The standard InChI is InChI=1S/C29H36N6O6/c1-17(2)25(29(40)41)35-28(39)24(12-18-6-4-3-5-7-18)34-27(38)23(13-19-8-10-21(36)11-9-19)33-26(37)22(30)14-20-15-31-16-32-20/h3-11,15-17,22-25,36H,12-14,30H2,1-2H3,(H,31,32)(H,33,37)(H,34,38)(H,35,39)(H,40,41). The second-order valence-electron chi connectivity index (χ2n) is 10.1. The van der Waals surface area contributed by atoms with Crippen LogP contribution in [-0.2, 0) is 38.4 Å². The van der Waals surface area contributed by atoms with Gasteiger partial charge >= 0.3 is 5.97 Å². The third-order valence-corrected chi connectivity index (χ3v) is 6.49. The summed E-state index contributed by atoms with van der Waals surface area (Å²) in [7, 11) is 0. The van der Waals surface area contributed by atoms with Gasteiger partial charge in [-0.15, -0.1) is 0 Å². The number of aliphatic carboxylic acids is 1. The summed E-state index contributed by atoms with van der Waals surface area (Å²) < 4.78 is 0. The Morgan fingerprint density at radius 3 is 1.93 bits per heavy atom. The first-order valence-electron chi connectivity index (χ1n) is 13.2. The van der Waals surface area contributed by atoms with Crippen molar-refractivity contribution < 1.29 is 29.4 Å². The molecular weight excluding hydrogens is 528 g/mol. The van der Waals surface area contributed by atoms with Crippen LogP contribution >= 0.6 is 0 Å². The third-order valence-electron chi connectivity index (χ3n) is 6.49. The van der Waals surface area contributed by atoms with Crippen LogP contribution in [0.15, 0.2) is 67.1 Å². The van der Waals surface area contributed by atoms with Gasteiger partial charge in [0.1, 0.15) is 23.9 Å². The molecule has 218 valence electrons. The van der Waals surface area contributed by atoms with Gasteiger partial charge < -0.3 is 36.9 Å². The molecule has 1 aromatic heterocycles. The molecule has 3 rings (SSSR count). The van der Waals surface area contributed by atoms with E-state index in [9.17, 15) is 29.4 Å². The number of carboxylic acids is 1. The van der Waals surface area contributed by atoms with Crippen molar-refractivity contribution in [1.82, 2.24) is 25.9 Å². The summed E-state index contributed by atoms with van der Waals surface area (Å²) >= 11 is 0. The zero-order chi connectivity index (χ0) is 29.9. The Morgan fingerprint density at radius 2 is 1.39 bits per heavy atom. The van der Waals surface area contributed by atoms with Crippen LogP contribution in [0.2, 0.25) is 0 Å². The molecule has 2 aromatic carbocycles. The topological polar surface area (TPSA) is 200 Å². The number of aromatic nitrogens is 2. The maximum absolute atomic E-state index is 13.6. The molecule has 0 aliphatic heterocycles. The first-order chi connectivity index (χ1) is 19.5. The van der Waals surface area contributed by atoms with Crippen LogP contribution in [0, 0.1) is 5.92 Å². The van der Waals surface area contributed by atoms with Crippen molar-refractivity contribution in [3.63, 3.8) is 0 Å². The van der Waals surface area contributed by atoms with Gasteiger partial charge in [-0.2, -0.15) is 0 Å². The number of imidazole rings is 1. The Labute approximate surface area is 237 Å². The highest BCUT2D eigenvalue weighted by Crippen LogP contribution is 2.13. The van der Waals surface area contributed by atoms with Gasteiger partial charge in [-0.25, -0.2) is 9.78 Å². The molecule has 0 aliphatic carbocycles. The molecule has 0 spiro atoms. The molecule has 0 fully saturated rings. The number of phenols is 1. The molecule has 0 radical (unpaired) electrons. The molecule has 12 heteroatoms. The van der Waals surface area contributed by atoms with Crippen molar-refractivity contribution in [2.45, 2.75) is 57.3 Å². The van der Waals surface area contributed by atoms with E-state index < -0.39 is 53.8 Å². The molecule has 12 nitrogen and oxygen atoms in total. The highest BCUT2D eigenvalue weighted by molar-refractivity contribution is 5.94. The highest BCUT2D eigenvalue weighted by Gasteiger charge is 2.31. The normalized spacial score (nSPS) is 14.0. The lowest BCUT2D eigenvalue weighted by atomic mass is 10.0. The lowest BCUT2D eigenvalue weighted by Crippen LogP contribution is -2.58. The van der Waals surface area contributed by atoms with Crippen LogP contribution in [0.25, 0.3) is 0 Å². The van der Waals surface area contributed by atoms with Crippen LogP contribution in [0.4, 0.5) is 0 Å². The van der Waals surface area contributed by atoms with Gasteiger partial charge in [0.25, 0.3) is 0 Å². The Kier molecular flexibility index (Phi) is 11.0. The van der Waals surface area contributed by atoms with Gasteiger partial charge in [-0.05, 0) is 29.2 Å². The van der Waals surface area contributed by atoms with Gasteiger partial charge in [0.2, 0.25) is 17.7 Å². The minimum atomic E-state index is -1.19. The molecule has 4 atom stereocenters. The number of hydrogen-bond donors (Lipinski definition) is 7. The Morgan fingerprint density at radius 1 is 0.829 bits per heavy atom. The number of H-pyrrole nitrogens is 1. The van der Waals surface area contributed by atoms with Gasteiger partial charge in [0, 0.05) is 31.2 Å². The number of aromatic hydroxyl groups is 1. The molecular formula is C29H36N6O6. The van der Waals surface area contributed by atoms with Gasteiger partial charge in [0.05, 0.1) is 12.4 Å². The van der Waals surface area contributed by atoms with Crippen LogP contribution < -0.4 is 21.7 Å². The third kappa shape index (κ3) is 9.46. The molecule has 3 amide bonds. The Hall–Kier alpha value is -4.71. The summed E-state index contributed by atoms with van der Waals surface area (Å²) in [6.07, 6.45) is 3.29. The number of carbonyl (C=O) groups excluding carboxylic acids is 3. The summed E-state index contributed by atoms with van der Waals surface area (Å²) in [4.78, 5) is 58.4. The highest BCUT2D eigenvalue weighted by atomic mass is 16.4. The lowest BCUT2D eigenvalue weighted by molar-refractivity contribution is -0.143. The summed E-state index contributed by atoms with van der Waals surface area (Å²) in [6.45, 7) is 3.33. The number of carboxylic acid groups (broad SMARTS) is 1. The van der Waals surface area contributed by atoms with Crippen molar-refractivity contribution in [2.24, 2.45) is 11.7 Å². The van der Waals surface area contributed by atoms with Crippen molar-refractivity contribution in [3.05, 3.63) is 83.9 Å². The first-order valence-corrected chi connectivity index (χ1v) is 13.2. The number of nitrogens with one attached hydrogen (secondary N) is 4. The fourth-order valence-corrected chi connectivity index (χ4v) is 4.18. The van der Waals surface area contributed by atoms with E-state index in [4.69, 9.17) is 5.73 Å². The zero-order valence-corrected chi connectivity index (χ0v) is 22.9. The predicted molar refractivity (Wildman–Crippen MR) is 150 cm³/mol. The van der Waals surface area contributed by atoms with E-state index in [1.807, 2.05) is 6.07 Å². The minimum Gasteiger partial charge on any atom is -0.508 e. The number of aromatic amines is 1. The SMILES string of the molecule is CC(C)C(NC(=O)C(Cc1ccccc1)NC(=O)C(Cc1ccc(O)cc1)NC(=O)C(N)Cc1cnc[nH]1)C(=O)O. The van der Waals surface area contributed by atoms with Gasteiger partial charge in [-0.3, -0.25) is 14.4 Å². The number of nitrogens with zero attached hydrogens (tertiary/aromatic N) is 1. The molecule has 0 bridgehead atoms. The number of benzene rings is 2. The molecule has 0 aliphatic rings. The maximum atomic E-state index is 13.6. The van der Waals surface area contributed by atoms with Crippen molar-refractivity contribution >= 4 is 23.7 Å². The van der Waals surface area contributed by atoms with Crippen LogP contribution in [-0.4, -0.2) is 68.0 Å². The molecule has 8 N–H and O–H groups in total. The maximum Gasteiger partial charge on any atom is 0.326 e. The van der Waals surface area contributed by atoms with E-state index in [1.165, 1.54) is 18.5 Å². The van der Waals surface area contributed by atoms with Crippen LogP contribution in [0.5, 0.6) is 5.75 Å². The molecule has 3 aromatic rings. The molecule has 0 saturated carbocycles. The second-order valence-corrected chi connectivity index (χ2v) is 10.1. The molecule has 4 unspecified atom stereocenters. The molecule has 41 heavy (non-hydrogen) atoms. The number of carbonyl (C=O) groups is 4. The number of amides is 3. The summed E-state index contributed by atoms with van der Waals surface area (Å²) in [6, 6.07) is 10.7. The summed E-state index contributed by atoms with van der Waals surface area (Å²) in [5.41, 5.74) is 8.11. The van der Waals surface area contributed by atoms with E-state index >= 15 is 0 Å². The predicted octanol–water partition coefficient (Wildman–Crippen LogP) is 0.666. The Balaban J connectivity index is 1.83. The van der Waals surface area contributed by atoms with Crippen LogP contribution in [0.3, 0.4) is 0 Å². The minimum absolute atomic E-state index is 0.0397. The Bertz CT molecular complexity index is 1300.